The molecule has 0 radical (unpaired) electrons. The summed E-state index contributed by atoms with van der Waals surface area (Å²) in [6.07, 6.45) is 1.41. The number of fused-ring (bicyclic) bond motifs is 1. The largest absolute Gasteiger partial charge is 0.497 e. The molecule has 5 heteroatoms. The topological polar surface area (TPSA) is 65.0 Å². The first-order chi connectivity index (χ1) is 11.1. The lowest BCUT2D eigenvalue weighted by molar-refractivity contribution is 0.0854. The van der Waals surface area contributed by atoms with Crippen LogP contribution in [0.2, 0.25) is 0 Å². The monoisotopic (exact) mass is 309 g/mol. The molecular formula is C18H15NO4. The van der Waals surface area contributed by atoms with Crippen molar-refractivity contribution in [3.05, 3.63) is 53.6 Å². The van der Waals surface area contributed by atoms with E-state index in [1.807, 2.05) is 0 Å². The maximum absolute atomic E-state index is 12.6. The highest BCUT2D eigenvalue weighted by molar-refractivity contribution is 6.27. The molecule has 0 bridgehead atoms. The van der Waals surface area contributed by atoms with E-state index in [1.165, 1.54) is 13.3 Å². The van der Waals surface area contributed by atoms with E-state index in [9.17, 15) is 9.59 Å². The van der Waals surface area contributed by atoms with Crippen LogP contribution >= 0.6 is 0 Å². The number of ether oxygens (including phenoxy) is 2. The predicted octanol–water partition coefficient (Wildman–Crippen LogP) is 3.10. The minimum absolute atomic E-state index is 0.269. The summed E-state index contributed by atoms with van der Waals surface area (Å²) >= 11 is 0. The Bertz CT molecular complexity index is 793. The lowest BCUT2D eigenvalue weighted by atomic mass is 9.88. The van der Waals surface area contributed by atoms with Gasteiger partial charge in [0, 0.05) is 17.3 Å². The molecule has 116 valence electrons. The number of benzene rings is 2. The van der Waals surface area contributed by atoms with Gasteiger partial charge in [-0.2, -0.15) is 0 Å². The van der Waals surface area contributed by atoms with Gasteiger partial charge >= 0.3 is 0 Å². The van der Waals surface area contributed by atoms with Crippen molar-refractivity contribution >= 4 is 23.5 Å². The zero-order chi connectivity index (χ0) is 16.4. The number of ketones is 2. The van der Waals surface area contributed by atoms with Crippen LogP contribution in [0.15, 0.2) is 47.5 Å². The third-order valence-electron chi connectivity index (χ3n) is 3.77. The number of rotatable bonds is 4. The number of Topliss-reactive ketones (excluding diaryl/α,β-unsaturated/α-hetero) is 2. The molecule has 0 fully saturated rings. The summed E-state index contributed by atoms with van der Waals surface area (Å²) in [5, 5.41) is 0. The zero-order valence-corrected chi connectivity index (χ0v) is 12.8. The zero-order valence-electron chi connectivity index (χ0n) is 12.8. The number of nitrogens with zero attached hydrogens (tertiary/aromatic N) is 1. The average Bonchev–Trinajstić information content (AvgIpc) is 2.61. The Balaban J connectivity index is 1.91. The molecule has 0 aliphatic carbocycles. The van der Waals surface area contributed by atoms with Crippen LogP contribution in [0.25, 0.3) is 0 Å². The molecule has 0 spiro atoms. The normalized spacial score (nSPS) is 15.9. The SMILES string of the molecule is COc1ccc(C(=O)C2C=Nc3ccc(OC)cc3C2=O)cc1. The predicted molar refractivity (Wildman–Crippen MR) is 86.3 cm³/mol. The minimum Gasteiger partial charge on any atom is -0.497 e. The highest BCUT2D eigenvalue weighted by Gasteiger charge is 2.31. The number of hydrogen-bond donors (Lipinski definition) is 0. The van der Waals surface area contributed by atoms with Crippen molar-refractivity contribution in [3.8, 4) is 11.5 Å². The Labute approximate surface area is 133 Å². The van der Waals surface area contributed by atoms with Gasteiger partial charge < -0.3 is 9.47 Å². The first-order valence-electron chi connectivity index (χ1n) is 7.08. The van der Waals surface area contributed by atoms with Crippen molar-refractivity contribution in [1.29, 1.82) is 0 Å². The van der Waals surface area contributed by atoms with Crippen LogP contribution < -0.4 is 9.47 Å². The minimum atomic E-state index is -0.914. The summed E-state index contributed by atoms with van der Waals surface area (Å²) < 4.78 is 10.2. The van der Waals surface area contributed by atoms with Crippen LogP contribution in [0.3, 0.4) is 0 Å². The highest BCUT2D eigenvalue weighted by Crippen LogP contribution is 2.31. The van der Waals surface area contributed by atoms with Gasteiger partial charge in [-0.05, 0) is 42.5 Å². The van der Waals surface area contributed by atoms with Crippen molar-refractivity contribution in [3.63, 3.8) is 0 Å². The first-order valence-corrected chi connectivity index (χ1v) is 7.08. The average molecular weight is 309 g/mol. The second kappa shape index (κ2) is 6.04. The number of hydrogen-bond acceptors (Lipinski definition) is 5. The molecule has 2 aromatic rings. The Kier molecular flexibility index (Phi) is 3.93. The van der Waals surface area contributed by atoms with E-state index < -0.39 is 5.92 Å². The molecular weight excluding hydrogens is 294 g/mol. The second-order valence-electron chi connectivity index (χ2n) is 5.10. The van der Waals surface area contributed by atoms with E-state index in [2.05, 4.69) is 4.99 Å². The van der Waals surface area contributed by atoms with Gasteiger partial charge in [0.05, 0.1) is 19.9 Å². The molecule has 0 saturated carbocycles. The molecule has 1 atom stereocenters. The maximum Gasteiger partial charge on any atom is 0.181 e. The van der Waals surface area contributed by atoms with E-state index in [1.54, 1.807) is 49.6 Å². The molecule has 23 heavy (non-hydrogen) atoms. The van der Waals surface area contributed by atoms with Crippen molar-refractivity contribution in [1.82, 2.24) is 0 Å². The van der Waals surface area contributed by atoms with Crippen LogP contribution in [0.5, 0.6) is 11.5 Å². The van der Waals surface area contributed by atoms with E-state index >= 15 is 0 Å². The molecule has 0 saturated heterocycles. The van der Waals surface area contributed by atoms with Crippen molar-refractivity contribution in [2.24, 2.45) is 10.9 Å². The summed E-state index contributed by atoms with van der Waals surface area (Å²) in [6, 6.07) is 11.7. The summed E-state index contributed by atoms with van der Waals surface area (Å²) in [4.78, 5) is 29.5. The molecule has 1 aliphatic heterocycles. The number of carbonyl (C=O) groups excluding carboxylic acids is 2. The molecule has 2 aromatic carbocycles. The van der Waals surface area contributed by atoms with E-state index in [0.717, 1.165) is 0 Å². The third kappa shape index (κ3) is 2.73. The Morgan fingerprint density at radius 1 is 1.00 bits per heavy atom. The number of carbonyl (C=O) groups is 2. The molecule has 0 N–H and O–H groups in total. The van der Waals surface area contributed by atoms with Crippen LogP contribution in [0.1, 0.15) is 20.7 Å². The smallest absolute Gasteiger partial charge is 0.181 e. The van der Waals surface area contributed by atoms with Crippen molar-refractivity contribution in [2.75, 3.05) is 14.2 Å². The maximum atomic E-state index is 12.6. The van der Waals surface area contributed by atoms with Gasteiger partial charge in [0.15, 0.2) is 11.6 Å². The third-order valence-corrected chi connectivity index (χ3v) is 3.77. The van der Waals surface area contributed by atoms with Crippen LogP contribution in [0, 0.1) is 5.92 Å². The van der Waals surface area contributed by atoms with Gasteiger partial charge in [0.25, 0.3) is 0 Å². The summed E-state index contributed by atoms with van der Waals surface area (Å²) in [6.45, 7) is 0. The molecule has 1 heterocycles. The first kappa shape index (κ1) is 15.0. The van der Waals surface area contributed by atoms with Gasteiger partial charge in [-0.25, -0.2) is 0 Å². The summed E-state index contributed by atoms with van der Waals surface area (Å²) in [7, 11) is 3.08. The second-order valence-corrected chi connectivity index (χ2v) is 5.10. The fourth-order valence-electron chi connectivity index (χ4n) is 2.46. The molecule has 3 rings (SSSR count). The number of methoxy groups -OCH3 is 2. The quantitative estimate of drug-likeness (QED) is 0.643. The fraction of sp³-hybridized carbons (Fsp3) is 0.167. The van der Waals surface area contributed by atoms with Gasteiger partial charge in [-0.15, -0.1) is 0 Å². The molecule has 1 unspecified atom stereocenters. The Morgan fingerprint density at radius 2 is 1.65 bits per heavy atom. The molecule has 0 aromatic heterocycles. The molecule has 0 amide bonds. The lowest BCUT2D eigenvalue weighted by Gasteiger charge is -2.17. The van der Waals surface area contributed by atoms with Gasteiger partial charge in [0.1, 0.15) is 17.4 Å². The van der Waals surface area contributed by atoms with Crippen LogP contribution in [0.4, 0.5) is 5.69 Å². The van der Waals surface area contributed by atoms with Gasteiger partial charge in [-0.3, -0.25) is 14.6 Å². The van der Waals surface area contributed by atoms with E-state index in [-0.39, 0.29) is 11.6 Å². The Morgan fingerprint density at radius 3 is 2.30 bits per heavy atom. The summed E-state index contributed by atoms with van der Waals surface area (Å²) in [5.74, 6) is -0.252. The van der Waals surface area contributed by atoms with Crippen molar-refractivity contribution < 1.29 is 19.1 Å². The lowest BCUT2D eigenvalue weighted by Crippen LogP contribution is -2.28. The fourth-order valence-corrected chi connectivity index (χ4v) is 2.46. The summed E-state index contributed by atoms with van der Waals surface area (Å²) in [5.41, 5.74) is 1.40. The van der Waals surface area contributed by atoms with E-state index in [0.29, 0.717) is 28.3 Å². The highest BCUT2D eigenvalue weighted by atomic mass is 16.5. The van der Waals surface area contributed by atoms with Crippen LogP contribution in [-0.4, -0.2) is 32.0 Å². The van der Waals surface area contributed by atoms with Crippen molar-refractivity contribution in [2.45, 2.75) is 0 Å². The van der Waals surface area contributed by atoms with E-state index in [4.69, 9.17) is 9.47 Å². The molecule has 5 nitrogen and oxygen atoms in total. The standard InChI is InChI=1S/C18H15NO4/c1-22-12-5-3-11(4-6-12)17(20)15-10-19-16-8-7-13(23-2)9-14(16)18(15)21/h3-10,15H,1-2H3. The molecule has 1 aliphatic rings. The van der Waals surface area contributed by atoms with Crippen LogP contribution in [-0.2, 0) is 0 Å². The van der Waals surface area contributed by atoms with Gasteiger partial charge in [0.2, 0.25) is 0 Å². The Hall–Kier alpha value is -2.95. The number of aliphatic imine (C=N–C) groups is 1. The van der Waals surface area contributed by atoms with Gasteiger partial charge in [-0.1, -0.05) is 0 Å².